The van der Waals surface area contributed by atoms with Gasteiger partial charge in [-0.3, -0.25) is 4.79 Å². The maximum absolute atomic E-state index is 13.5. The lowest BCUT2D eigenvalue weighted by atomic mass is 9.97. The number of aliphatic hydroxyl groups is 5. The fourth-order valence-electron chi connectivity index (χ4n) is 5.97. The molecule has 21 heteroatoms. The second-order valence-electron chi connectivity index (χ2n) is 12.8. The number of carbonyl (C=O) groups excluding carboxylic acids is 2. The number of hydrogen-bond acceptors (Lipinski definition) is 20. The number of aliphatic carboxylic acids is 1. The summed E-state index contributed by atoms with van der Waals surface area (Å²) >= 11 is 0. The van der Waals surface area contributed by atoms with Crippen LogP contribution in [0.4, 0.5) is 0 Å². The predicted molar refractivity (Wildman–Crippen MR) is 188 cm³/mol. The first-order valence-corrected chi connectivity index (χ1v) is 16.9. The van der Waals surface area contributed by atoms with E-state index in [1.807, 2.05) is 0 Å². The average molecular weight is 815 g/mol. The summed E-state index contributed by atoms with van der Waals surface area (Å²) < 4.78 is 37.0. The van der Waals surface area contributed by atoms with Gasteiger partial charge < -0.3 is 83.9 Å². The summed E-state index contributed by atoms with van der Waals surface area (Å²) in [4.78, 5) is 51.0. The van der Waals surface area contributed by atoms with E-state index in [-0.39, 0.29) is 28.6 Å². The van der Waals surface area contributed by atoms with Crippen LogP contribution >= 0.6 is 0 Å². The molecule has 2 aliphatic rings. The van der Waals surface area contributed by atoms with Crippen LogP contribution in [0.25, 0.3) is 28.4 Å². The second kappa shape index (κ2) is 16.6. The number of carbonyl (C=O) groups is 3. The molecule has 2 aliphatic heterocycles. The van der Waals surface area contributed by atoms with E-state index in [1.165, 1.54) is 55.7 Å². The van der Waals surface area contributed by atoms with Crippen LogP contribution in [0.2, 0.25) is 0 Å². The number of aliphatic hydroxyl groups excluding tert-OH is 5. The number of phenolic OH excluding ortho intramolecular Hbond substituents is 4. The summed E-state index contributed by atoms with van der Waals surface area (Å²) in [6, 6.07) is 11.4. The number of hydrogen-bond donors (Lipinski definition) is 10. The van der Waals surface area contributed by atoms with Crippen LogP contribution in [0.15, 0.2) is 69.9 Å². The quantitative estimate of drug-likeness (QED) is 0.0531. The molecule has 4 aromatic rings. The Morgan fingerprint density at radius 1 is 0.724 bits per heavy atom. The van der Waals surface area contributed by atoms with Crippen molar-refractivity contribution >= 4 is 35.0 Å². The molecule has 0 unspecified atom stereocenters. The third kappa shape index (κ3) is 8.17. The maximum atomic E-state index is 13.5. The number of methoxy groups -OCH3 is 1. The molecule has 2 fully saturated rings. The molecular weight excluding hydrogens is 780 g/mol. The van der Waals surface area contributed by atoms with Crippen LogP contribution in [0.3, 0.4) is 0 Å². The highest BCUT2D eigenvalue weighted by atomic mass is 16.8. The van der Waals surface area contributed by atoms with E-state index >= 15 is 0 Å². The van der Waals surface area contributed by atoms with E-state index in [0.717, 1.165) is 18.2 Å². The summed E-state index contributed by atoms with van der Waals surface area (Å²) in [6.07, 6.45) is -20.5. The summed E-state index contributed by atoms with van der Waals surface area (Å²) in [5, 5.41) is 103. The highest BCUT2D eigenvalue weighted by Gasteiger charge is 2.54. The van der Waals surface area contributed by atoms with Gasteiger partial charge >= 0.3 is 17.9 Å². The third-order valence-corrected chi connectivity index (χ3v) is 9.02. The van der Waals surface area contributed by atoms with Gasteiger partial charge in [0.25, 0.3) is 0 Å². The molecule has 3 aromatic carbocycles. The minimum absolute atomic E-state index is 0.0467. The molecule has 10 N–H and O–H groups in total. The number of aromatic hydroxyl groups is 4. The van der Waals surface area contributed by atoms with Gasteiger partial charge in [-0.05, 0) is 48.0 Å². The standard InChI is InChI=1S/C37H34O21/c1-52-19-10-13(2-8-16(19)39)3-9-22(41)55-33-29(47)28(46)31(34(49)50)56-37(33)58-35(51)32-27(45)26(44)30(48)36(57-32)54-21-12-20-23(25(43)24(21)42)17(40)11-18(53-20)14-4-6-15(38)7-5-14/h2-12,26-33,36-39,42-48H,1H3,(H,49,50)/b9-3+/t26-,27-,28-,29-,30+,31-,32-,33+,36+,37-/m0/s1. The molecule has 0 bridgehead atoms. The van der Waals surface area contributed by atoms with Gasteiger partial charge in [-0.2, -0.15) is 0 Å². The monoisotopic (exact) mass is 814 g/mol. The summed E-state index contributed by atoms with van der Waals surface area (Å²) in [5.41, 5.74) is -0.551. The van der Waals surface area contributed by atoms with Crippen LogP contribution in [-0.2, 0) is 33.3 Å². The molecule has 58 heavy (non-hydrogen) atoms. The van der Waals surface area contributed by atoms with E-state index in [4.69, 9.17) is 32.8 Å². The van der Waals surface area contributed by atoms with E-state index in [0.29, 0.717) is 11.1 Å². The molecule has 1 aromatic heterocycles. The Labute approximate surface area is 323 Å². The minimum Gasteiger partial charge on any atom is -0.508 e. The van der Waals surface area contributed by atoms with Gasteiger partial charge in [-0.15, -0.1) is 0 Å². The van der Waals surface area contributed by atoms with Gasteiger partial charge in [-0.1, -0.05) is 6.07 Å². The van der Waals surface area contributed by atoms with Crippen molar-refractivity contribution in [3.05, 3.63) is 76.5 Å². The smallest absolute Gasteiger partial charge is 0.340 e. The van der Waals surface area contributed by atoms with E-state index < -0.39 is 107 Å². The van der Waals surface area contributed by atoms with Crippen molar-refractivity contribution in [2.75, 3.05) is 7.11 Å². The molecule has 0 radical (unpaired) electrons. The zero-order valence-corrected chi connectivity index (χ0v) is 29.6. The van der Waals surface area contributed by atoms with Gasteiger partial charge in [-0.25, -0.2) is 14.4 Å². The Morgan fingerprint density at radius 2 is 1.40 bits per heavy atom. The number of esters is 2. The Morgan fingerprint density at radius 3 is 2.07 bits per heavy atom. The van der Waals surface area contributed by atoms with E-state index in [1.54, 1.807) is 0 Å². The van der Waals surface area contributed by atoms with Gasteiger partial charge in [0.2, 0.25) is 18.3 Å². The zero-order valence-electron chi connectivity index (χ0n) is 29.6. The summed E-state index contributed by atoms with van der Waals surface area (Å²) in [7, 11) is 1.28. The Kier molecular flexibility index (Phi) is 11.8. The van der Waals surface area contributed by atoms with Crippen molar-refractivity contribution in [1.29, 1.82) is 0 Å². The van der Waals surface area contributed by atoms with Crippen molar-refractivity contribution in [2.45, 2.75) is 61.4 Å². The number of ether oxygens (including phenoxy) is 6. The molecule has 0 saturated carbocycles. The number of carboxylic acids is 1. The SMILES string of the molecule is COc1cc(/C=C/C(=O)O[C@H]2[C@H](OC(=O)[C@H]3O[C@@H](Oc4cc5oc(-c6ccc(O)cc6)cc(=O)c5c(O)c4O)[C@H](O)[C@@H](O)[C@@H]3O)O[C@H](C(=O)O)[C@@H](O)[C@@H]2O)ccc1O. The number of fused-ring (bicyclic) bond motifs is 1. The fourth-order valence-corrected chi connectivity index (χ4v) is 5.97. The van der Waals surface area contributed by atoms with Gasteiger partial charge in [0.1, 0.15) is 53.0 Å². The second-order valence-corrected chi connectivity index (χ2v) is 12.8. The number of rotatable bonds is 10. The third-order valence-electron chi connectivity index (χ3n) is 9.02. The normalized spacial score (nSPS) is 27.2. The molecule has 0 aliphatic carbocycles. The predicted octanol–water partition coefficient (Wildman–Crippen LogP) is -0.823. The van der Waals surface area contributed by atoms with Crippen LogP contribution in [0, 0.1) is 0 Å². The van der Waals surface area contributed by atoms with Gasteiger partial charge in [0.15, 0.2) is 46.7 Å². The van der Waals surface area contributed by atoms with Crippen LogP contribution in [-0.4, -0.2) is 137 Å². The van der Waals surface area contributed by atoms with Crippen molar-refractivity contribution in [1.82, 2.24) is 0 Å². The van der Waals surface area contributed by atoms with Crippen molar-refractivity contribution < 1.29 is 98.3 Å². The number of carboxylic acid groups (broad SMARTS) is 1. The lowest BCUT2D eigenvalue weighted by Gasteiger charge is -2.42. The Balaban J connectivity index is 1.24. The van der Waals surface area contributed by atoms with E-state index in [9.17, 15) is 70.2 Å². The molecule has 3 heterocycles. The number of benzene rings is 3. The Bertz CT molecular complexity index is 2290. The van der Waals surface area contributed by atoms with Crippen molar-refractivity contribution in [2.24, 2.45) is 0 Å². The van der Waals surface area contributed by atoms with E-state index in [2.05, 4.69) is 0 Å². The molecule has 10 atom stereocenters. The molecule has 6 rings (SSSR count). The fraction of sp³-hybridized carbons (Fsp3) is 0.297. The topological polar surface area (TPSA) is 339 Å². The van der Waals surface area contributed by atoms with Crippen molar-refractivity contribution in [3.8, 4) is 45.8 Å². The molecule has 0 amide bonds. The first-order chi connectivity index (χ1) is 27.5. The highest BCUT2D eigenvalue weighted by molar-refractivity contribution is 5.89. The first-order valence-electron chi connectivity index (χ1n) is 16.9. The highest BCUT2D eigenvalue weighted by Crippen LogP contribution is 2.43. The lowest BCUT2D eigenvalue weighted by Crippen LogP contribution is -2.64. The molecule has 308 valence electrons. The van der Waals surface area contributed by atoms with Gasteiger partial charge in [0.05, 0.1) is 7.11 Å². The molecule has 21 nitrogen and oxygen atoms in total. The zero-order chi connectivity index (χ0) is 42.2. The molecule has 0 spiro atoms. The summed E-state index contributed by atoms with van der Waals surface area (Å²) in [5.74, 6) is -7.92. The maximum Gasteiger partial charge on any atom is 0.340 e. The molecular formula is C37H34O21. The average Bonchev–Trinajstić information content (AvgIpc) is 3.19. The van der Waals surface area contributed by atoms with Crippen LogP contribution in [0.1, 0.15) is 5.56 Å². The van der Waals surface area contributed by atoms with Crippen LogP contribution in [0.5, 0.6) is 34.5 Å². The lowest BCUT2D eigenvalue weighted by molar-refractivity contribution is -0.304. The van der Waals surface area contributed by atoms with Crippen molar-refractivity contribution in [3.63, 3.8) is 0 Å². The largest absolute Gasteiger partial charge is 0.508 e. The van der Waals surface area contributed by atoms with Crippen LogP contribution < -0.4 is 14.9 Å². The number of phenols is 4. The molecule has 2 saturated heterocycles. The first kappa shape index (κ1) is 41.2. The Hall–Kier alpha value is -6.46. The van der Waals surface area contributed by atoms with Gasteiger partial charge in [0, 0.05) is 23.8 Å². The minimum atomic E-state index is -2.34. The summed E-state index contributed by atoms with van der Waals surface area (Å²) in [6.45, 7) is 0.